The molecular formula is C22H24N2O5. The molecule has 0 bridgehead atoms. The number of anilines is 2. The fraction of sp³-hybridized carbons (Fsp3) is 0.318. The summed E-state index contributed by atoms with van der Waals surface area (Å²) in [5, 5.41) is 2.76. The molecule has 7 nitrogen and oxygen atoms in total. The number of benzene rings is 2. The van der Waals surface area contributed by atoms with Gasteiger partial charge in [0.25, 0.3) is 5.91 Å². The van der Waals surface area contributed by atoms with Crippen molar-refractivity contribution in [1.29, 1.82) is 0 Å². The van der Waals surface area contributed by atoms with Gasteiger partial charge in [-0.3, -0.25) is 14.4 Å². The summed E-state index contributed by atoms with van der Waals surface area (Å²) in [6.07, 6.45) is 0.830. The Kier molecular flexibility index (Phi) is 6.49. The zero-order valence-electron chi connectivity index (χ0n) is 16.5. The monoisotopic (exact) mass is 396 g/mol. The van der Waals surface area contributed by atoms with Crippen molar-refractivity contribution in [3.05, 3.63) is 54.1 Å². The van der Waals surface area contributed by atoms with Crippen molar-refractivity contribution in [2.24, 2.45) is 5.92 Å². The van der Waals surface area contributed by atoms with E-state index in [1.807, 2.05) is 25.1 Å². The van der Waals surface area contributed by atoms with Crippen molar-refractivity contribution in [2.45, 2.75) is 19.8 Å². The lowest BCUT2D eigenvalue weighted by Crippen LogP contribution is -2.28. The highest BCUT2D eigenvalue weighted by molar-refractivity contribution is 6.00. The van der Waals surface area contributed by atoms with Gasteiger partial charge < -0.3 is 19.7 Å². The van der Waals surface area contributed by atoms with Crippen LogP contribution in [0.25, 0.3) is 0 Å². The van der Waals surface area contributed by atoms with E-state index in [0.717, 1.165) is 12.0 Å². The van der Waals surface area contributed by atoms with Crippen molar-refractivity contribution in [3.63, 3.8) is 0 Å². The molecule has 1 aliphatic rings. The third kappa shape index (κ3) is 4.93. The van der Waals surface area contributed by atoms with E-state index in [1.54, 1.807) is 37.4 Å². The average Bonchev–Trinajstić information content (AvgIpc) is 3.14. The topological polar surface area (TPSA) is 84.9 Å². The second-order valence-corrected chi connectivity index (χ2v) is 6.77. The number of ether oxygens (including phenoxy) is 2. The summed E-state index contributed by atoms with van der Waals surface area (Å²) in [7, 11) is 1.55. The van der Waals surface area contributed by atoms with Crippen molar-refractivity contribution < 1.29 is 23.9 Å². The number of hydrogen-bond acceptors (Lipinski definition) is 5. The maximum Gasteiger partial charge on any atom is 0.311 e. The quantitative estimate of drug-likeness (QED) is 0.728. The van der Waals surface area contributed by atoms with Crippen LogP contribution in [0.15, 0.2) is 48.5 Å². The summed E-state index contributed by atoms with van der Waals surface area (Å²) in [5.74, 6) is -1.10. The molecule has 1 N–H and O–H groups in total. The first-order valence-corrected chi connectivity index (χ1v) is 9.50. The predicted octanol–water partition coefficient (Wildman–Crippen LogP) is 2.79. The van der Waals surface area contributed by atoms with E-state index < -0.39 is 17.8 Å². The number of methoxy groups -OCH3 is 1. The first-order valence-electron chi connectivity index (χ1n) is 9.50. The molecule has 2 aromatic carbocycles. The molecule has 0 spiro atoms. The molecule has 0 saturated carbocycles. The van der Waals surface area contributed by atoms with Crippen LogP contribution in [0.1, 0.15) is 18.9 Å². The molecule has 7 heteroatoms. The summed E-state index contributed by atoms with van der Waals surface area (Å²) >= 11 is 0. The Labute approximate surface area is 169 Å². The summed E-state index contributed by atoms with van der Waals surface area (Å²) in [6.45, 7) is 1.82. The number of carbonyl (C=O) groups is 3. The van der Waals surface area contributed by atoms with E-state index in [4.69, 9.17) is 9.47 Å². The van der Waals surface area contributed by atoms with Gasteiger partial charge in [0.1, 0.15) is 5.75 Å². The molecule has 29 heavy (non-hydrogen) atoms. The van der Waals surface area contributed by atoms with Gasteiger partial charge in [-0.1, -0.05) is 31.2 Å². The van der Waals surface area contributed by atoms with Gasteiger partial charge in [0.05, 0.1) is 13.0 Å². The maximum atomic E-state index is 12.4. The third-order valence-corrected chi connectivity index (χ3v) is 4.84. The second-order valence-electron chi connectivity index (χ2n) is 6.77. The van der Waals surface area contributed by atoms with Gasteiger partial charge in [-0.25, -0.2) is 0 Å². The Bertz CT molecular complexity index is 912. The second kappa shape index (κ2) is 9.23. The molecule has 0 unspecified atom stereocenters. The minimum absolute atomic E-state index is 0.0519. The fourth-order valence-corrected chi connectivity index (χ4v) is 3.28. The minimum atomic E-state index is -0.607. The number of carbonyl (C=O) groups excluding carboxylic acids is 3. The zero-order valence-corrected chi connectivity index (χ0v) is 16.5. The van der Waals surface area contributed by atoms with Gasteiger partial charge >= 0.3 is 5.97 Å². The number of nitrogens with one attached hydrogen (secondary N) is 1. The van der Waals surface area contributed by atoms with Crippen LogP contribution in [0, 0.1) is 5.92 Å². The van der Waals surface area contributed by atoms with Crippen LogP contribution in [-0.4, -0.2) is 38.0 Å². The number of esters is 1. The first kappa shape index (κ1) is 20.4. The third-order valence-electron chi connectivity index (χ3n) is 4.84. The van der Waals surface area contributed by atoms with E-state index in [1.165, 1.54) is 4.90 Å². The van der Waals surface area contributed by atoms with Crippen molar-refractivity contribution in [2.75, 3.05) is 30.5 Å². The molecule has 152 valence electrons. The molecule has 0 aliphatic carbocycles. The summed E-state index contributed by atoms with van der Waals surface area (Å²) in [6, 6.07) is 14.6. The molecule has 1 aliphatic heterocycles. The van der Waals surface area contributed by atoms with Gasteiger partial charge in [0.2, 0.25) is 5.91 Å². The van der Waals surface area contributed by atoms with E-state index in [9.17, 15) is 14.4 Å². The van der Waals surface area contributed by atoms with Crippen LogP contribution in [0.3, 0.4) is 0 Å². The largest absolute Gasteiger partial charge is 0.497 e. The standard InChI is InChI=1S/C22H24N2O5/c1-3-15-7-4-5-10-19(15)23-20(25)14-29-22(27)16-11-21(26)24(13-16)17-8-6-9-18(12-17)28-2/h4-10,12,16H,3,11,13-14H2,1-2H3,(H,23,25)/t16-/m1/s1. The van der Waals surface area contributed by atoms with Crippen LogP contribution in [-0.2, 0) is 25.5 Å². The molecule has 1 heterocycles. The minimum Gasteiger partial charge on any atom is -0.497 e. The molecule has 1 fully saturated rings. The van der Waals surface area contributed by atoms with Gasteiger partial charge in [0.15, 0.2) is 6.61 Å². The van der Waals surface area contributed by atoms with Crippen LogP contribution in [0.5, 0.6) is 5.75 Å². The van der Waals surface area contributed by atoms with E-state index in [2.05, 4.69) is 5.32 Å². The molecule has 1 saturated heterocycles. The molecule has 1 atom stereocenters. The van der Waals surface area contributed by atoms with Gasteiger partial charge in [-0.2, -0.15) is 0 Å². The summed E-state index contributed by atoms with van der Waals surface area (Å²) < 4.78 is 10.3. The number of aryl methyl sites for hydroxylation is 1. The van der Waals surface area contributed by atoms with E-state index >= 15 is 0 Å². The van der Waals surface area contributed by atoms with Crippen LogP contribution >= 0.6 is 0 Å². The van der Waals surface area contributed by atoms with Crippen molar-refractivity contribution in [1.82, 2.24) is 0 Å². The fourth-order valence-electron chi connectivity index (χ4n) is 3.28. The highest BCUT2D eigenvalue weighted by Gasteiger charge is 2.36. The Morgan fingerprint density at radius 3 is 2.72 bits per heavy atom. The highest BCUT2D eigenvalue weighted by Crippen LogP contribution is 2.28. The molecule has 2 amide bonds. The van der Waals surface area contributed by atoms with Crippen molar-refractivity contribution >= 4 is 29.2 Å². The Morgan fingerprint density at radius 1 is 1.17 bits per heavy atom. The highest BCUT2D eigenvalue weighted by atomic mass is 16.5. The number of hydrogen-bond donors (Lipinski definition) is 1. The lowest BCUT2D eigenvalue weighted by atomic mass is 10.1. The normalized spacial score (nSPS) is 15.9. The van der Waals surface area contributed by atoms with Crippen molar-refractivity contribution in [3.8, 4) is 5.75 Å². The number of amides is 2. The molecule has 3 rings (SSSR count). The van der Waals surface area contributed by atoms with Crippen LogP contribution < -0.4 is 15.0 Å². The molecule has 0 radical (unpaired) electrons. The van der Waals surface area contributed by atoms with Gasteiger partial charge in [-0.15, -0.1) is 0 Å². The Morgan fingerprint density at radius 2 is 1.97 bits per heavy atom. The SMILES string of the molecule is CCc1ccccc1NC(=O)COC(=O)[C@@H]1CC(=O)N(c2cccc(OC)c2)C1. The predicted molar refractivity (Wildman–Crippen MR) is 109 cm³/mol. The Hall–Kier alpha value is -3.35. The smallest absolute Gasteiger partial charge is 0.311 e. The van der Waals surface area contributed by atoms with Gasteiger partial charge in [0, 0.05) is 30.4 Å². The number of para-hydroxylation sites is 1. The molecular weight excluding hydrogens is 372 g/mol. The maximum absolute atomic E-state index is 12.4. The van der Waals surface area contributed by atoms with Gasteiger partial charge in [-0.05, 0) is 30.2 Å². The van der Waals surface area contributed by atoms with Crippen LogP contribution in [0.4, 0.5) is 11.4 Å². The van der Waals surface area contributed by atoms with Crippen LogP contribution in [0.2, 0.25) is 0 Å². The van der Waals surface area contributed by atoms with E-state index in [0.29, 0.717) is 17.1 Å². The summed E-state index contributed by atoms with van der Waals surface area (Å²) in [5.41, 5.74) is 2.37. The molecule has 2 aromatic rings. The van der Waals surface area contributed by atoms with E-state index in [-0.39, 0.29) is 25.5 Å². The lowest BCUT2D eigenvalue weighted by Gasteiger charge is -2.17. The number of rotatable bonds is 7. The zero-order chi connectivity index (χ0) is 20.8. The first-order chi connectivity index (χ1) is 14.0. The summed E-state index contributed by atoms with van der Waals surface area (Å²) in [4.78, 5) is 38.4. The average molecular weight is 396 g/mol. The molecule has 0 aromatic heterocycles. The number of nitrogens with zero attached hydrogens (tertiary/aromatic N) is 1. The Balaban J connectivity index is 1.54. The lowest BCUT2D eigenvalue weighted by molar-refractivity contribution is -0.151.